The Balaban J connectivity index is 3.31. The first-order valence-corrected chi connectivity index (χ1v) is 5.20. The topological polar surface area (TPSA) is 29.5 Å². The molecule has 0 aliphatic rings. The normalized spacial score (nSPS) is 15.4. The molecule has 0 heterocycles. The standard InChI is InChI=1S/C12H22O2/c1-4-11(2)7-9-14-8-5-6-12(3)10-13/h4-5,8,11-13H,1,6-7,9-10H2,2-3H3. The third kappa shape index (κ3) is 7.87. The molecule has 0 fully saturated rings. The van der Waals surface area contributed by atoms with Crippen molar-refractivity contribution in [3.05, 3.63) is 25.0 Å². The molecular weight excluding hydrogens is 176 g/mol. The Bertz CT molecular complexity index is 164. The Kier molecular flexibility index (Phi) is 8.34. The predicted molar refractivity (Wildman–Crippen MR) is 59.9 cm³/mol. The van der Waals surface area contributed by atoms with E-state index in [4.69, 9.17) is 9.84 Å². The van der Waals surface area contributed by atoms with Crippen LogP contribution < -0.4 is 0 Å². The van der Waals surface area contributed by atoms with Gasteiger partial charge in [-0.25, -0.2) is 0 Å². The number of ether oxygens (including phenoxy) is 1. The molecule has 2 heteroatoms. The summed E-state index contributed by atoms with van der Waals surface area (Å²) in [6.07, 6.45) is 7.49. The average Bonchev–Trinajstić information content (AvgIpc) is 2.22. The minimum absolute atomic E-state index is 0.234. The lowest BCUT2D eigenvalue weighted by Crippen LogP contribution is -1.98. The van der Waals surface area contributed by atoms with Gasteiger partial charge in [-0.15, -0.1) is 6.58 Å². The second-order valence-electron chi connectivity index (χ2n) is 3.77. The third-order valence-corrected chi connectivity index (χ3v) is 2.14. The van der Waals surface area contributed by atoms with Gasteiger partial charge < -0.3 is 9.84 Å². The van der Waals surface area contributed by atoms with Crippen LogP contribution in [-0.2, 0) is 4.74 Å². The third-order valence-electron chi connectivity index (χ3n) is 2.14. The van der Waals surface area contributed by atoms with Crippen molar-refractivity contribution in [2.45, 2.75) is 26.7 Å². The number of hydrogen-bond donors (Lipinski definition) is 1. The van der Waals surface area contributed by atoms with E-state index >= 15 is 0 Å². The van der Waals surface area contributed by atoms with E-state index in [-0.39, 0.29) is 6.61 Å². The molecule has 0 aromatic carbocycles. The van der Waals surface area contributed by atoms with Crippen LogP contribution in [0, 0.1) is 11.8 Å². The lowest BCUT2D eigenvalue weighted by atomic mass is 10.1. The highest BCUT2D eigenvalue weighted by Gasteiger charge is 1.96. The Labute approximate surface area is 87.3 Å². The molecule has 2 unspecified atom stereocenters. The van der Waals surface area contributed by atoms with Crippen molar-refractivity contribution in [1.82, 2.24) is 0 Å². The summed E-state index contributed by atoms with van der Waals surface area (Å²) in [6.45, 7) is 8.80. The Morgan fingerprint density at radius 2 is 2.14 bits per heavy atom. The first-order valence-electron chi connectivity index (χ1n) is 5.20. The quantitative estimate of drug-likeness (QED) is 0.369. The summed E-state index contributed by atoms with van der Waals surface area (Å²) < 4.78 is 5.29. The summed E-state index contributed by atoms with van der Waals surface area (Å²) in [6, 6.07) is 0. The highest BCUT2D eigenvalue weighted by Crippen LogP contribution is 2.03. The second kappa shape index (κ2) is 8.82. The number of rotatable bonds is 8. The SMILES string of the molecule is C=CC(C)CCOC=CCC(C)CO. The van der Waals surface area contributed by atoms with Gasteiger partial charge in [-0.2, -0.15) is 0 Å². The molecule has 0 aliphatic heterocycles. The van der Waals surface area contributed by atoms with Crippen LogP contribution in [0.25, 0.3) is 0 Å². The van der Waals surface area contributed by atoms with Gasteiger partial charge in [-0.05, 0) is 30.8 Å². The van der Waals surface area contributed by atoms with Crippen LogP contribution in [0.4, 0.5) is 0 Å². The summed E-state index contributed by atoms with van der Waals surface area (Å²) in [4.78, 5) is 0. The molecule has 0 aromatic heterocycles. The predicted octanol–water partition coefficient (Wildman–Crippen LogP) is 2.75. The number of aliphatic hydroxyl groups is 1. The van der Waals surface area contributed by atoms with Gasteiger partial charge in [0.15, 0.2) is 0 Å². The van der Waals surface area contributed by atoms with E-state index in [9.17, 15) is 0 Å². The van der Waals surface area contributed by atoms with E-state index in [0.29, 0.717) is 11.8 Å². The van der Waals surface area contributed by atoms with Gasteiger partial charge >= 0.3 is 0 Å². The lowest BCUT2D eigenvalue weighted by molar-refractivity contribution is 0.225. The summed E-state index contributed by atoms with van der Waals surface area (Å²) >= 11 is 0. The smallest absolute Gasteiger partial charge is 0.0878 e. The molecule has 82 valence electrons. The first-order chi connectivity index (χ1) is 6.70. The minimum atomic E-state index is 0.234. The lowest BCUT2D eigenvalue weighted by Gasteiger charge is -2.05. The largest absolute Gasteiger partial charge is 0.502 e. The molecule has 0 spiro atoms. The molecule has 0 aliphatic carbocycles. The van der Waals surface area contributed by atoms with Crippen LogP contribution in [0.3, 0.4) is 0 Å². The van der Waals surface area contributed by atoms with Crippen LogP contribution in [0.1, 0.15) is 26.7 Å². The maximum Gasteiger partial charge on any atom is 0.0878 e. The van der Waals surface area contributed by atoms with Gasteiger partial charge in [0, 0.05) is 6.61 Å². The monoisotopic (exact) mass is 198 g/mol. The zero-order chi connectivity index (χ0) is 10.8. The Morgan fingerprint density at radius 3 is 2.71 bits per heavy atom. The number of hydrogen-bond acceptors (Lipinski definition) is 2. The van der Waals surface area contributed by atoms with E-state index < -0.39 is 0 Å². The molecule has 0 saturated carbocycles. The van der Waals surface area contributed by atoms with Gasteiger partial charge in [0.2, 0.25) is 0 Å². The highest BCUT2D eigenvalue weighted by molar-refractivity contribution is 4.77. The fourth-order valence-corrected chi connectivity index (χ4v) is 0.870. The second-order valence-corrected chi connectivity index (χ2v) is 3.77. The molecule has 0 amide bonds. The van der Waals surface area contributed by atoms with Crippen molar-refractivity contribution in [3.8, 4) is 0 Å². The van der Waals surface area contributed by atoms with E-state index in [1.54, 1.807) is 6.26 Å². The van der Waals surface area contributed by atoms with Crippen molar-refractivity contribution in [1.29, 1.82) is 0 Å². The summed E-state index contributed by atoms with van der Waals surface area (Å²) in [5.41, 5.74) is 0. The molecule has 2 nitrogen and oxygen atoms in total. The summed E-state index contributed by atoms with van der Waals surface area (Å²) in [5, 5.41) is 8.76. The van der Waals surface area contributed by atoms with Gasteiger partial charge in [-0.1, -0.05) is 19.9 Å². The fourth-order valence-electron chi connectivity index (χ4n) is 0.870. The highest BCUT2D eigenvalue weighted by atomic mass is 16.5. The van der Waals surface area contributed by atoms with E-state index in [1.165, 1.54) is 0 Å². The van der Waals surface area contributed by atoms with Crippen LogP contribution in [0.2, 0.25) is 0 Å². The van der Waals surface area contributed by atoms with Gasteiger partial charge in [0.05, 0.1) is 12.9 Å². The molecule has 0 aromatic rings. The van der Waals surface area contributed by atoms with Crippen LogP contribution in [0.5, 0.6) is 0 Å². The van der Waals surface area contributed by atoms with Gasteiger partial charge in [0.1, 0.15) is 0 Å². The van der Waals surface area contributed by atoms with Crippen molar-refractivity contribution in [2.75, 3.05) is 13.2 Å². The molecule has 0 saturated heterocycles. The molecule has 0 bridgehead atoms. The molecule has 2 atom stereocenters. The maximum atomic E-state index is 8.76. The number of aliphatic hydroxyl groups excluding tert-OH is 1. The van der Waals surface area contributed by atoms with E-state index in [0.717, 1.165) is 19.4 Å². The molecule has 0 radical (unpaired) electrons. The fraction of sp³-hybridized carbons (Fsp3) is 0.667. The summed E-state index contributed by atoms with van der Waals surface area (Å²) in [7, 11) is 0. The van der Waals surface area contributed by atoms with E-state index in [1.807, 2.05) is 19.1 Å². The van der Waals surface area contributed by atoms with Crippen molar-refractivity contribution >= 4 is 0 Å². The molecule has 0 rings (SSSR count). The van der Waals surface area contributed by atoms with Crippen LogP contribution >= 0.6 is 0 Å². The van der Waals surface area contributed by atoms with Crippen molar-refractivity contribution in [3.63, 3.8) is 0 Å². The first kappa shape index (κ1) is 13.2. The van der Waals surface area contributed by atoms with Gasteiger partial charge in [0.25, 0.3) is 0 Å². The number of allylic oxidation sites excluding steroid dienone is 2. The van der Waals surface area contributed by atoms with Crippen LogP contribution in [0.15, 0.2) is 25.0 Å². The Hall–Kier alpha value is -0.760. The van der Waals surface area contributed by atoms with Gasteiger partial charge in [-0.3, -0.25) is 0 Å². The summed E-state index contributed by atoms with van der Waals surface area (Å²) in [5.74, 6) is 0.835. The zero-order valence-corrected chi connectivity index (χ0v) is 9.28. The van der Waals surface area contributed by atoms with E-state index in [2.05, 4.69) is 13.5 Å². The zero-order valence-electron chi connectivity index (χ0n) is 9.28. The minimum Gasteiger partial charge on any atom is -0.502 e. The van der Waals surface area contributed by atoms with Crippen molar-refractivity contribution in [2.24, 2.45) is 11.8 Å². The Morgan fingerprint density at radius 1 is 1.43 bits per heavy atom. The molecule has 1 N–H and O–H groups in total. The maximum absolute atomic E-state index is 8.76. The van der Waals surface area contributed by atoms with Crippen LogP contribution in [-0.4, -0.2) is 18.3 Å². The average molecular weight is 198 g/mol. The van der Waals surface area contributed by atoms with Crippen molar-refractivity contribution < 1.29 is 9.84 Å². The molecule has 14 heavy (non-hydrogen) atoms. The molecular formula is C12H22O2.